The molecule has 0 spiro atoms. The van der Waals surface area contributed by atoms with Crippen LogP contribution in [0.15, 0.2) is 46.3 Å². The third kappa shape index (κ3) is 2.86. The zero-order valence-electron chi connectivity index (χ0n) is 11.2. The first kappa shape index (κ1) is 15.0. The van der Waals surface area contributed by atoms with Gasteiger partial charge in [-0.1, -0.05) is 23.7 Å². The number of pyridine rings is 1. The van der Waals surface area contributed by atoms with E-state index in [1.54, 1.807) is 17.4 Å². The number of nitrogens with zero attached hydrogens (tertiary/aromatic N) is 2. The van der Waals surface area contributed by atoms with E-state index in [2.05, 4.69) is 27.0 Å². The standard InChI is InChI=1S/C16H9BrClN3S/c17-15-5-4-14(22-15)11-7-13(21-16(20)12(11)8-19)9-2-1-3-10(18)6-9/h1-7H,(H2,20,21). The molecule has 6 heteroatoms. The Balaban J connectivity index is 2.23. The van der Waals surface area contributed by atoms with E-state index < -0.39 is 0 Å². The summed E-state index contributed by atoms with van der Waals surface area (Å²) in [7, 11) is 0. The maximum Gasteiger partial charge on any atom is 0.142 e. The van der Waals surface area contributed by atoms with Crippen molar-refractivity contribution in [2.24, 2.45) is 0 Å². The Hall–Kier alpha value is -1.87. The van der Waals surface area contributed by atoms with Crippen molar-refractivity contribution >= 4 is 44.7 Å². The smallest absolute Gasteiger partial charge is 0.142 e. The lowest BCUT2D eigenvalue weighted by molar-refractivity contribution is 1.31. The molecule has 3 aromatic rings. The predicted octanol–water partition coefficient (Wildman–Crippen LogP) is 5.35. The van der Waals surface area contributed by atoms with Crippen molar-refractivity contribution in [2.45, 2.75) is 0 Å². The molecule has 22 heavy (non-hydrogen) atoms. The van der Waals surface area contributed by atoms with E-state index in [1.807, 2.05) is 36.4 Å². The number of rotatable bonds is 2. The summed E-state index contributed by atoms with van der Waals surface area (Å²) in [5.74, 6) is 0.222. The minimum absolute atomic E-state index is 0.222. The van der Waals surface area contributed by atoms with Gasteiger partial charge in [0.15, 0.2) is 0 Å². The largest absolute Gasteiger partial charge is 0.383 e. The van der Waals surface area contributed by atoms with Crippen LogP contribution in [0.3, 0.4) is 0 Å². The van der Waals surface area contributed by atoms with Gasteiger partial charge < -0.3 is 5.73 Å². The first-order valence-corrected chi connectivity index (χ1v) is 8.29. The van der Waals surface area contributed by atoms with Crippen molar-refractivity contribution in [3.05, 3.63) is 56.8 Å². The molecule has 0 amide bonds. The van der Waals surface area contributed by atoms with Crippen LogP contribution < -0.4 is 5.73 Å². The fourth-order valence-electron chi connectivity index (χ4n) is 2.13. The Bertz CT molecular complexity index is 899. The third-order valence-corrected chi connectivity index (χ3v) is 5.01. The van der Waals surface area contributed by atoms with Crippen molar-refractivity contribution in [2.75, 3.05) is 5.73 Å². The number of nitriles is 1. The van der Waals surface area contributed by atoms with Gasteiger partial charge >= 0.3 is 0 Å². The topological polar surface area (TPSA) is 62.7 Å². The molecule has 0 saturated heterocycles. The molecular formula is C16H9BrClN3S. The highest BCUT2D eigenvalue weighted by atomic mass is 79.9. The number of benzene rings is 1. The lowest BCUT2D eigenvalue weighted by atomic mass is 10.0. The van der Waals surface area contributed by atoms with Gasteiger partial charge in [0.2, 0.25) is 0 Å². The summed E-state index contributed by atoms with van der Waals surface area (Å²) in [4.78, 5) is 5.30. The number of nitrogens with two attached hydrogens (primary N) is 1. The zero-order chi connectivity index (χ0) is 15.7. The third-order valence-electron chi connectivity index (χ3n) is 3.12. The van der Waals surface area contributed by atoms with E-state index in [-0.39, 0.29) is 5.82 Å². The Morgan fingerprint density at radius 1 is 1.23 bits per heavy atom. The van der Waals surface area contributed by atoms with Crippen molar-refractivity contribution in [3.63, 3.8) is 0 Å². The Labute approximate surface area is 145 Å². The van der Waals surface area contributed by atoms with Crippen LogP contribution in [0.1, 0.15) is 5.56 Å². The zero-order valence-corrected chi connectivity index (χ0v) is 14.3. The lowest BCUT2D eigenvalue weighted by Gasteiger charge is -2.09. The monoisotopic (exact) mass is 389 g/mol. The van der Waals surface area contributed by atoms with Crippen molar-refractivity contribution in [3.8, 4) is 27.8 Å². The highest BCUT2D eigenvalue weighted by Gasteiger charge is 2.14. The average Bonchev–Trinajstić information content (AvgIpc) is 2.93. The first-order valence-electron chi connectivity index (χ1n) is 6.31. The van der Waals surface area contributed by atoms with Gasteiger partial charge in [0.05, 0.1) is 9.48 Å². The fraction of sp³-hybridized carbons (Fsp3) is 0. The van der Waals surface area contributed by atoms with Gasteiger partial charge in [-0.3, -0.25) is 0 Å². The van der Waals surface area contributed by atoms with E-state index in [0.29, 0.717) is 16.3 Å². The van der Waals surface area contributed by atoms with Crippen LogP contribution in [-0.2, 0) is 0 Å². The minimum Gasteiger partial charge on any atom is -0.383 e. The van der Waals surface area contributed by atoms with Gasteiger partial charge in [-0.2, -0.15) is 5.26 Å². The van der Waals surface area contributed by atoms with Crippen LogP contribution in [-0.4, -0.2) is 4.98 Å². The van der Waals surface area contributed by atoms with Gasteiger partial charge in [0.1, 0.15) is 17.5 Å². The molecule has 0 atom stereocenters. The summed E-state index contributed by atoms with van der Waals surface area (Å²) < 4.78 is 0.992. The molecule has 2 heterocycles. The SMILES string of the molecule is N#Cc1c(-c2ccc(Br)s2)cc(-c2cccc(Cl)c2)nc1N. The van der Waals surface area contributed by atoms with Crippen LogP contribution >= 0.6 is 38.9 Å². The number of hydrogen-bond acceptors (Lipinski definition) is 4. The van der Waals surface area contributed by atoms with Gasteiger partial charge in [-0.25, -0.2) is 4.98 Å². The summed E-state index contributed by atoms with van der Waals surface area (Å²) in [6, 6.07) is 15.3. The maximum absolute atomic E-state index is 9.37. The van der Waals surface area contributed by atoms with Gasteiger partial charge in [-0.15, -0.1) is 11.3 Å². The Kier molecular flexibility index (Phi) is 4.16. The fourth-order valence-corrected chi connectivity index (χ4v) is 3.73. The molecule has 0 aliphatic heterocycles. The van der Waals surface area contributed by atoms with E-state index in [1.165, 1.54) is 0 Å². The second-order valence-corrected chi connectivity index (χ2v) is 7.44. The van der Waals surface area contributed by atoms with Crippen molar-refractivity contribution in [1.82, 2.24) is 4.98 Å². The highest BCUT2D eigenvalue weighted by Crippen LogP contribution is 2.37. The number of nitrogen functional groups attached to an aromatic ring is 1. The molecule has 0 aliphatic carbocycles. The molecule has 0 fully saturated rings. The summed E-state index contributed by atoms with van der Waals surface area (Å²) in [5.41, 5.74) is 8.70. The van der Waals surface area contributed by atoms with Crippen LogP contribution in [0.2, 0.25) is 5.02 Å². The summed E-state index contributed by atoms with van der Waals surface area (Å²) >= 11 is 11.0. The molecule has 0 unspecified atom stereocenters. The number of aromatic nitrogens is 1. The van der Waals surface area contributed by atoms with E-state index in [4.69, 9.17) is 17.3 Å². The second kappa shape index (κ2) is 6.09. The Morgan fingerprint density at radius 3 is 2.68 bits per heavy atom. The van der Waals surface area contributed by atoms with Gasteiger partial charge in [-0.05, 0) is 46.3 Å². The van der Waals surface area contributed by atoms with Crippen molar-refractivity contribution in [1.29, 1.82) is 5.26 Å². The van der Waals surface area contributed by atoms with Crippen LogP contribution in [0.5, 0.6) is 0 Å². The van der Waals surface area contributed by atoms with Gasteiger partial charge in [0.25, 0.3) is 0 Å². The first-order chi connectivity index (χ1) is 10.6. The molecule has 2 aromatic heterocycles. The molecule has 0 aliphatic rings. The molecule has 3 rings (SSSR count). The maximum atomic E-state index is 9.37. The normalized spacial score (nSPS) is 10.4. The number of anilines is 1. The molecule has 0 saturated carbocycles. The van der Waals surface area contributed by atoms with Crippen LogP contribution in [0.4, 0.5) is 5.82 Å². The number of thiophene rings is 1. The summed E-state index contributed by atoms with van der Waals surface area (Å²) in [6.07, 6.45) is 0. The van der Waals surface area contributed by atoms with Crippen LogP contribution in [0.25, 0.3) is 21.7 Å². The summed E-state index contributed by atoms with van der Waals surface area (Å²) in [5, 5.41) is 10.0. The molecule has 2 N–H and O–H groups in total. The predicted molar refractivity (Wildman–Crippen MR) is 94.8 cm³/mol. The van der Waals surface area contributed by atoms with Crippen LogP contribution in [0, 0.1) is 11.3 Å². The second-order valence-electron chi connectivity index (χ2n) is 4.54. The van der Waals surface area contributed by atoms with E-state index in [0.717, 1.165) is 19.8 Å². The molecule has 3 nitrogen and oxygen atoms in total. The van der Waals surface area contributed by atoms with Gasteiger partial charge in [0, 0.05) is 21.0 Å². The molecule has 0 radical (unpaired) electrons. The highest BCUT2D eigenvalue weighted by molar-refractivity contribution is 9.11. The van der Waals surface area contributed by atoms with E-state index in [9.17, 15) is 5.26 Å². The number of halogens is 2. The molecular weight excluding hydrogens is 382 g/mol. The average molecular weight is 391 g/mol. The quantitative estimate of drug-likeness (QED) is 0.642. The molecule has 108 valence electrons. The van der Waals surface area contributed by atoms with E-state index >= 15 is 0 Å². The Morgan fingerprint density at radius 2 is 2.05 bits per heavy atom. The minimum atomic E-state index is 0.222. The number of hydrogen-bond donors (Lipinski definition) is 1. The van der Waals surface area contributed by atoms with Crippen molar-refractivity contribution < 1.29 is 0 Å². The molecule has 0 bridgehead atoms. The molecule has 1 aromatic carbocycles. The summed E-state index contributed by atoms with van der Waals surface area (Å²) in [6.45, 7) is 0. The lowest BCUT2D eigenvalue weighted by Crippen LogP contribution is -1.99.